The second-order valence-corrected chi connectivity index (χ2v) is 10.2. The molecule has 0 aromatic heterocycles. The van der Waals surface area contributed by atoms with E-state index in [1.54, 1.807) is 24.3 Å². The number of ketones is 1. The van der Waals surface area contributed by atoms with Crippen LogP contribution < -0.4 is 0 Å². The van der Waals surface area contributed by atoms with Crippen LogP contribution in [0.4, 0.5) is 0 Å². The molecule has 4 atom stereocenters. The van der Waals surface area contributed by atoms with E-state index >= 15 is 0 Å². The lowest BCUT2D eigenvalue weighted by molar-refractivity contribution is -0.127. The Hall–Kier alpha value is -2.02. The molecule has 6 heteroatoms. The summed E-state index contributed by atoms with van der Waals surface area (Å²) in [4.78, 5) is 13.1. The third-order valence-corrected chi connectivity index (χ3v) is 8.22. The zero-order valence-electron chi connectivity index (χ0n) is 16.8. The Morgan fingerprint density at radius 1 is 1.07 bits per heavy atom. The Bertz CT molecular complexity index is 972. The predicted octanol–water partition coefficient (Wildman–Crippen LogP) is 3.43. The Morgan fingerprint density at radius 2 is 1.76 bits per heavy atom. The molecule has 0 radical (unpaired) electrons. The Kier molecular flexibility index (Phi) is 5.60. The molecule has 2 aromatic rings. The van der Waals surface area contributed by atoms with Crippen LogP contribution in [0.5, 0.6) is 0 Å². The van der Waals surface area contributed by atoms with E-state index in [1.165, 1.54) is 4.31 Å². The van der Waals surface area contributed by atoms with Crippen molar-refractivity contribution in [3.8, 4) is 0 Å². The van der Waals surface area contributed by atoms with Crippen molar-refractivity contribution >= 4 is 15.8 Å². The highest BCUT2D eigenvalue weighted by Crippen LogP contribution is 2.43. The number of aryl methyl sites for hydroxylation is 1. The standard InChI is InChI=1S/C23H27NO4S/c1-16-8-10-19(11-9-16)29(26,27)24-13-21-17(2)23(12-20(21)22(25)14-24)28-15-18-6-4-3-5-7-18/h3-11,17,20-21,23H,12-15H2,1-2H3/t17-,20+,21-,23-/m0/s1. The van der Waals surface area contributed by atoms with Crippen molar-refractivity contribution in [3.05, 3.63) is 65.7 Å². The van der Waals surface area contributed by atoms with E-state index in [-0.39, 0.29) is 41.1 Å². The van der Waals surface area contributed by atoms with Gasteiger partial charge in [-0.1, -0.05) is 55.0 Å². The maximum atomic E-state index is 13.1. The number of hydrogen-bond donors (Lipinski definition) is 0. The second-order valence-electron chi connectivity index (χ2n) is 8.28. The van der Waals surface area contributed by atoms with Gasteiger partial charge in [0.05, 0.1) is 24.2 Å². The Balaban J connectivity index is 1.48. The quantitative estimate of drug-likeness (QED) is 0.753. The van der Waals surface area contributed by atoms with Crippen LogP contribution in [0.3, 0.4) is 0 Å². The number of hydrogen-bond acceptors (Lipinski definition) is 4. The fraction of sp³-hybridized carbons (Fsp3) is 0.435. The number of rotatable bonds is 5. The summed E-state index contributed by atoms with van der Waals surface area (Å²) in [6, 6.07) is 16.8. The lowest BCUT2D eigenvalue weighted by Gasteiger charge is -2.34. The largest absolute Gasteiger partial charge is 0.373 e. The smallest absolute Gasteiger partial charge is 0.243 e. The minimum absolute atomic E-state index is 0.00255. The van der Waals surface area contributed by atoms with Gasteiger partial charge in [-0.2, -0.15) is 4.31 Å². The minimum atomic E-state index is -3.67. The average molecular weight is 414 g/mol. The highest BCUT2D eigenvalue weighted by atomic mass is 32.2. The first-order valence-electron chi connectivity index (χ1n) is 10.1. The van der Waals surface area contributed by atoms with Crippen LogP contribution in [0.1, 0.15) is 24.5 Å². The number of piperidine rings is 1. The molecule has 2 fully saturated rings. The van der Waals surface area contributed by atoms with Crippen molar-refractivity contribution in [2.75, 3.05) is 13.1 Å². The van der Waals surface area contributed by atoms with Gasteiger partial charge < -0.3 is 4.74 Å². The zero-order valence-corrected chi connectivity index (χ0v) is 17.6. The van der Waals surface area contributed by atoms with Crippen LogP contribution in [0.15, 0.2) is 59.5 Å². The summed E-state index contributed by atoms with van der Waals surface area (Å²) in [6.07, 6.45) is 0.645. The average Bonchev–Trinajstić information content (AvgIpc) is 3.04. The van der Waals surface area contributed by atoms with Crippen molar-refractivity contribution in [1.29, 1.82) is 0 Å². The number of carbonyl (C=O) groups excluding carboxylic acids is 1. The number of ether oxygens (including phenoxy) is 1. The van der Waals surface area contributed by atoms with Crippen molar-refractivity contribution < 1.29 is 17.9 Å². The topological polar surface area (TPSA) is 63.7 Å². The van der Waals surface area contributed by atoms with Crippen molar-refractivity contribution in [2.24, 2.45) is 17.8 Å². The van der Waals surface area contributed by atoms with Gasteiger partial charge in [-0.05, 0) is 42.9 Å². The van der Waals surface area contributed by atoms with Gasteiger partial charge in [0.1, 0.15) is 0 Å². The Morgan fingerprint density at radius 3 is 2.45 bits per heavy atom. The van der Waals surface area contributed by atoms with Gasteiger partial charge in [0.2, 0.25) is 10.0 Å². The number of carbonyl (C=O) groups is 1. The molecule has 1 heterocycles. The Labute approximate surface area is 172 Å². The lowest BCUT2D eigenvalue weighted by Crippen LogP contribution is -2.48. The maximum Gasteiger partial charge on any atom is 0.243 e. The van der Waals surface area contributed by atoms with Crippen LogP contribution in [0.2, 0.25) is 0 Å². The van der Waals surface area contributed by atoms with Gasteiger partial charge in [-0.25, -0.2) is 8.42 Å². The van der Waals surface area contributed by atoms with E-state index in [2.05, 4.69) is 6.92 Å². The van der Waals surface area contributed by atoms with E-state index in [0.717, 1.165) is 11.1 Å². The molecular weight excluding hydrogens is 386 g/mol. The SMILES string of the molecule is Cc1ccc(S(=O)(=O)N2CC(=O)[C@@H]3C[C@H](OCc4ccccc4)[C@@H](C)[C@@H]3C2)cc1. The fourth-order valence-corrected chi connectivity index (χ4v) is 6.02. The maximum absolute atomic E-state index is 13.1. The molecule has 2 aliphatic rings. The molecule has 1 saturated heterocycles. The van der Waals surface area contributed by atoms with Gasteiger partial charge in [-0.15, -0.1) is 0 Å². The highest BCUT2D eigenvalue weighted by molar-refractivity contribution is 7.89. The molecule has 5 nitrogen and oxygen atoms in total. The molecule has 0 bridgehead atoms. The minimum Gasteiger partial charge on any atom is -0.373 e. The zero-order chi connectivity index (χ0) is 20.6. The fourth-order valence-electron chi connectivity index (χ4n) is 4.58. The van der Waals surface area contributed by atoms with E-state index in [1.807, 2.05) is 37.3 Å². The summed E-state index contributed by atoms with van der Waals surface area (Å²) in [5.74, 6) is 0.0192. The second kappa shape index (κ2) is 8.01. The van der Waals surface area contributed by atoms with E-state index in [4.69, 9.17) is 4.74 Å². The molecule has 1 saturated carbocycles. The monoisotopic (exact) mass is 413 g/mol. The first-order chi connectivity index (χ1) is 13.9. The molecule has 4 rings (SSSR count). The third kappa shape index (κ3) is 4.02. The van der Waals surface area contributed by atoms with E-state index < -0.39 is 10.0 Å². The predicted molar refractivity (Wildman–Crippen MR) is 111 cm³/mol. The summed E-state index contributed by atoms with van der Waals surface area (Å²) in [6.45, 7) is 4.83. The summed E-state index contributed by atoms with van der Waals surface area (Å²) in [5.41, 5.74) is 2.10. The lowest BCUT2D eigenvalue weighted by atomic mass is 9.85. The molecular formula is C23H27NO4S. The third-order valence-electron chi connectivity index (χ3n) is 6.39. The van der Waals surface area contributed by atoms with Gasteiger partial charge in [0, 0.05) is 12.5 Å². The van der Waals surface area contributed by atoms with Gasteiger partial charge in [-0.3, -0.25) is 4.79 Å². The molecule has 29 heavy (non-hydrogen) atoms. The van der Waals surface area contributed by atoms with Crippen molar-refractivity contribution in [2.45, 2.75) is 37.9 Å². The molecule has 0 amide bonds. The first-order valence-corrected chi connectivity index (χ1v) is 11.6. The van der Waals surface area contributed by atoms with Gasteiger partial charge in [0.25, 0.3) is 0 Å². The molecule has 1 aliphatic heterocycles. The normalized spacial score (nSPS) is 27.7. The molecule has 0 unspecified atom stereocenters. The number of sulfonamides is 1. The van der Waals surface area contributed by atoms with Crippen LogP contribution >= 0.6 is 0 Å². The summed E-state index contributed by atoms with van der Waals surface area (Å²) >= 11 is 0. The van der Waals surface area contributed by atoms with Crippen LogP contribution in [0, 0.1) is 24.7 Å². The van der Waals surface area contributed by atoms with Crippen LogP contribution in [0.25, 0.3) is 0 Å². The number of nitrogens with zero attached hydrogens (tertiary/aromatic N) is 1. The molecule has 1 aliphatic carbocycles. The first kappa shape index (κ1) is 20.3. The van der Waals surface area contributed by atoms with Crippen molar-refractivity contribution in [1.82, 2.24) is 4.31 Å². The van der Waals surface area contributed by atoms with Crippen LogP contribution in [-0.4, -0.2) is 37.7 Å². The summed E-state index contributed by atoms with van der Waals surface area (Å²) in [7, 11) is -3.67. The number of fused-ring (bicyclic) bond motifs is 1. The molecule has 154 valence electrons. The molecule has 0 N–H and O–H groups in total. The van der Waals surface area contributed by atoms with E-state index in [0.29, 0.717) is 19.6 Å². The van der Waals surface area contributed by atoms with E-state index in [9.17, 15) is 13.2 Å². The number of benzene rings is 2. The summed E-state index contributed by atoms with van der Waals surface area (Å²) in [5, 5.41) is 0. The van der Waals surface area contributed by atoms with Crippen molar-refractivity contribution in [3.63, 3.8) is 0 Å². The molecule has 2 aromatic carbocycles. The van der Waals surface area contributed by atoms with Crippen LogP contribution in [-0.2, 0) is 26.2 Å². The van der Waals surface area contributed by atoms with Gasteiger partial charge in [0.15, 0.2) is 5.78 Å². The molecule has 0 spiro atoms. The highest BCUT2D eigenvalue weighted by Gasteiger charge is 2.50. The summed E-state index contributed by atoms with van der Waals surface area (Å²) < 4.78 is 33.6. The van der Waals surface area contributed by atoms with Gasteiger partial charge >= 0.3 is 0 Å². The number of Topliss-reactive ketones (excluding diaryl/α,β-unsaturated/α-hetero) is 1.